The lowest BCUT2D eigenvalue weighted by Gasteiger charge is -2.30. The molecule has 0 spiro atoms. The summed E-state index contributed by atoms with van der Waals surface area (Å²) in [6, 6.07) is 14.0. The highest BCUT2D eigenvalue weighted by Gasteiger charge is 2.34. The number of amides is 2. The molecule has 1 N–H and O–H groups in total. The van der Waals surface area contributed by atoms with Crippen LogP contribution in [0.5, 0.6) is 0 Å². The van der Waals surface area contributed by atoms with Crippen LogP contribution in [0.3, 0.4) is 0 Å². The van der Waals surface area contributed by atoms with Crippen molar-refractivity contribution in [2.45, 2.75) is 32.1 Å². The summed E-state index contributed by atoms with van der Waals surface area (Å²) in [5.41, 5.74) is 2.74. The number of carbonyl (C=O) groups excluding carboxylic acids is 2. The Morgan fingerprint density at radius 1 is 0.963 bits per heavy atom. The fraction of sp³-hybridized carbons (Fsp3) is 0.364. The SMILES string of the molecule is O=C(Nc1cccc(F)c1)C1CCC(C(=O)N2CCc3ccccc32)CC1. The second-order valence-electron chi connectivity index (χ2n) is 7.42. The van der Waals surface area contributed by atoms with Crippen molar-refractivity contribution < 1.29 is 14.0 Å². The molecule has 0 atom stereocenters. The fourth-order valence-electron chi connectivity index (χ4n) is 4.20. The van der Waals surface area contributed by atoms with Gasteiger partial charge in [-0.25, -0.2) is 4.39 Å². The van der Waals surface area contributed by atoms with Crippen molar-refractivity contribution in [3.8, 4) is 0 Å². The third-order valence-electron chi connectivity index (χ3n) is 5.69. The average Bonchev–Trinajstić information content (AvgIpc) is 3.12. The predicted octanol–water partition coefficient (Wildman–Crippen LogP) is 4.16. The highest BCUT2D eigenvalue weighted by molar-refractivity contribution is 5.97. The monoisotopic (exact) mass is 366 g/mol. The molecule has 1 aliphatic carbocycles. The molecule has 27 heavy (non-hydrogen) atoms. The van der Waals surface area contributed by atoms with Gasteiger partial charge in [-0.15, -0.1) is 0 Å². The number of benzene rings is 2. The number of halogens is 1. The van der Waals surface area contributed by atoms with Crippen LogP contribution in [0.2, 0.25) is 0 Å². The standard InChI is InChI=1S/C22H23FN2O2/c23-18-5-3-6-19(14-18)24-21(26)16-8-10-17(11-9-16)22(27)25-13-12-15-4-1-2-7-20(15)25/h1-7,14,16-17H,8-13H2,(H,24,26). The molecule has 0 unspecified atom stereocenters. The van der Waals surface area contributed by atoms with E-state index in [1.54, 1.807) is 12.1 Å². The normalized spacial score (nSPS) is 21.6. The Hall–Kier alpha value is -2.69. The van der Waals surface area contributed by atoms with Gasteiger partial charge in [-0.3, -0.25) is 9.59 Å². The van der Waals surface area contributed by atoms with E-state index in [0.717, 1.165) is 31.5 Å². The third-order valence-corrected chi connectivity index (χ3v) is 5.69. The Morgan fingerprint density at radius 3 is 2.48 bits per heavy atom. The molecule has 0 aromatic heterocycles. The summed E-state index contributed by atoms with van der Waals surface area (Å²) in [6.07, 6.45) is 3.73. The first kappa shape index (κ1) is 17.7. The molecule has 140 valence electrons. The number of carbonyl (C=O) groups is 2. The second-order valence-corrected chi connectivity index (χ2v) is 7.42. The van der Waals surface area contributed by atoms with Gasteiger partial charge in [-0.2, -0.15) is 0 Å². The van der Waals surface area contributed by atoms with Crippen LogP contribution >= 0.6 is 0 Å². The van der Waals surface area contributed by atoms with E-state index < -0.39 is 0 Å². The number of hydrogen-bond acceptors (Lipinski definition) is 2. The average molecular weight is 366 g/mol. The molecular formula is C22H23FN2O2. The van der Waals surface area contributed by atoms with Gasteiger partial charge in [-0.1, -0.05) is 24.3 Å². The summed E-state index contributed by atoms with van der Waals surface area (Å²) in [6.45, 7) is 0.748. The number of hydrogen-bond donors (Lipinski definition) is 1. The van der Waals surface area contributed by atoms with Crippen LogP contribution in [0.4, 0.5) is 15.8 Å². The highest BCUT2D eigenvalue weighted by Crippen LogP contribution is 2.35. The van der Waals surface area contributed by atoms with Crippen LogP contribution in [0.15, 0.2) is 48.5 Å². The molecule has 2 aromatic rings. The van der Waals surface area contributed by atoms with Gasteiger partial charge >= 0.3 is 0 Å². The first-order valence-electron chi connectivity index (χ1n) is 9.57. The largest absolute Gasteiger partial charge is 0.326 e. The van der Waals surface area contributed by atoms with Crippen molar-refractivity contribution >= 4 is 23.2 Å². The van der Waals surface area contributed by atoms with Crippen LogP contribution < -0.4 is 10.2 Å². The van der Waals surface area contributed by atoms with E-state index in [1.165, 1.54) is 17.7 Å². The molecule has 1 saturated carbocycles. The van der Waals surface area contributed by atoms with Crippen molar-refractivity contribution in [1.29, 1.82) is 0 Å². The molecule has 1 fully saturated rings. The van der Waals surface area contributed by atoms with E-state index in [4.69, 9.17) is 0 Å². The lowest BCUT2D eigenvalue weighted by atomic mass is 9.81. The van der Waals surface area contributed by atoms with Crippen molar-refractivity contribution in [1.82, 2.24) is 0 Å². The number of rotatable bonds is 3. The van der Waals surface area contributed by atoms with Crippen molar-refractivity contribution in [3.05, 3.63) is 59.9 Å². The molecule has 2 aromatic carbocycles. The maximum absolute atomic E-state index is 13.3. The molecule has 4 rings (SSSR count). The first-order valence-corrected chi connectivity index (χ1v) is 9.57. The van der Waals surface area contributed by atoms with Crippen LogP contribution in [0.25, 0.3) is 0 Å². The van der Waals surface area contributed by atoms with E-state index in [1.807, 2.05) is 23.1 Å². The topological polar surface area (TPSA) is 49.4 Å². The van der Waals surface area contributed by atoms with Crippen LogP contribution in [-0.4, -0.2) is 18.4 Å². The van der Waals surface area contributed by atoms with Gasteiger partial charge < -0.3 is 10.2 Å². The van der Waals surface area contributed by atoms with Crippen molar-refractivity contribution in [2.24, 2.45) is 11.8 Å². The van der Waals surface area contributed by atoms with E-state index in [2.05, 4.69) is 11.4 Å². The van der Waals surface area contributed by atoms with Crippen LogP contribution in [0, 0.1) is 17.7 Å². The minimum atomic E-state index is -0.368. The molecule has 1 aliphatic heterocycles. The minimum Gasteiger partial charge on any atom is -0.326 e. The molecule has 2 aliphatic rings. The predicted molar refractivity (Wildman–Crippen MR) is 103 cm³/mol. The number of anilines is 2. The van der Waals surface area contributed by atoms with Crippen molar-refractivity contribution in [2.75, 3.05) is 16.8 Å². The third kappa shape index (κ3) is 3.72. The van der Waals surface area contributed by atoms with Gasteiger partial charge in [0.15, 0.2) is 0 Å². The highest BCUT2D eigenvalue weighted by atomic mass is 19.1. The zero-order valence-corrected chi connectivity index (χ0v) is 15.2. The maximum Gasteiger partial charge on any atom is 0.230 e. The summed E-state index contributed by atoms with van der Waals surface area (Å²) in [5, 5.41) is 2.79. The van der Waals surface area contributed by atoms with Gasteiger partial charge in [0.2, 0.25) is 11.8 Å². The Kier molecular flexibility index (Phi) is 4.92. The molecule has 5 heteroatoms. The molecule has 0 saturated heterocycles. The van der Waals surface area contributed by atoms with E-state index in [9.17, 15) is 14.0 Å². The smallest absolute Gasteiger partial charge is 0.230 e. The van der Waals surface area contributed by atoms with Gasteiger partial charge in [0.1, 0.15) is 5.82 Å². The number of nitrogens with zero attached hydrogens (tertiary/aromatic N) is 1. The molecule has 4 nitrogen and oxygen atoms in total. The van der Waals surface area contributed by atoms with Gasteiger partial charge in [-0.05, 0) is 61.9 Å². The number of fused-ring (bicyclic) bond motifs is 1. The zero-order valence-electron chi connectivity index (χ0n) is 15.2. The number of nitrogens with one attached hydrogen (secondary N) is 1. The van der Waals surface area contributed by atoms with Gasteiger partial charge in [0.05, 0.1) is 0 Å². The van der Waals surface area contributed by atoms with Gasteiger partial charge in [0.25, 0.3) is 0 Å². The van der Waals surface area contributed by atoms with Gasteiger partial charge in [0, 0.05) is 29.8 Å². The van der Waals surface area contributed by atoms with E-state index >= 15 is 0 Å². The molecule has 1 heterocycles. The Morgan fingerprint density at radius 2 is 1.70 bits per heavy atom. The summed E-state index contributed by atoms with van der Waals surface area (Å²) in [4.78, 5) is 27.3. The molecule has 0 bridgehead atoms. The maximum atomic E-state index is 13.3. The quantitative estimate of drug-likeness (QED) is 0.887. The summed E-state index contributed by atoms with van der Waals surface area (Å²) >= 11 is 0. The zero-order chi connectivity index (χ0) is 18.8. The summed E-state index contributed by atoms with van der Waals surface area (Å²) < 4.78 is 13.3. The van der Waals surface area contributed by atoms with E-state index in [0.29, 0.717) is 18.5 Å². The Balaban J connectivity index is 1.34. The van der Waals surface area contributed by atoms with Crippen LogP contribution in [-0.2, 0) is 16.0 Å². The van der Waals surface area contributed by atoms with Crippen molar-refractivity contribution in [3.63, 3.8) is 0 Å². The lowest BCUT2D eigenvalue weighted by Crippen LogP contribution is -2.38. The number of para-hydroxylation sites is 1. The fourth-order valence-corrected chi connectivity index (χ4v) is 4.20. The Labute approximate surface area is 158 Å². The molecule has 2 amide bonds. The molecular weight excluding hydrogens is 343 g/mol. The Bertz CT molecular complexity index is 859. The summed E-state index contributed by atoms with van der Waals surface area (Å²) in [5.74, 6) is -0.410. The second kappa shape index (κ2) is 7.51. The molecule has 0 radical (unpaired) electrons. The summed E-state index contributed by atoms with van der Waals surface area (Å²) in [7, 11) is 0. The first-order chi connectivity index (χ1) is 13.1. The minimum absolute atomic E-state index is 0.0191. The van der Waals surface area contributed by atoms with E-state index in [-0.39, 0.29) is 29.5 Å². The van der Waals surface area contributed by atoms with Crippen LogP contribution in [0.1, 0.15) is 31.2 Å². The lowest BCUT2D eigenvalue weighted by molar-refractivity contribution is -0.126.